The predicted octanol–water partition coefficient (Wildman–Crippen LogP) is 2.72. The maximum atomic E-state index is 12.7. The van der Waals surface area contributed by atoms with Crippen molar-refractivity contribution in [1.29, 1.82) is 0 Å². The van der Waals surface area contributed by atoms with Crippen molar-refractivity contribution < 1.29 is 19.1 Å². The number of aromatic carboxylic acids is 1. The minimum atomic E-state index is -1.04. The van der Waals surface area contributed by atoms with Gasteiger partial charge in [-0.1, -0.05) is 0 Å². The third-order valence-electron chi connectivity index (χ3n) is 3.35. The Balaban J connectivity index is 1.90. The van der Waals surface area contributed by atoms with Gasteiger partial charge >= 0.3 is 5.97 Å². The number of carbonyl (C=O) groups is 2. The van der Waals surface area contributed by atoms with Crippen molar-refractivity contribution in [3.63, 3.8) is 0 Å². The Morgan fingerprint density at radius 2 is 2.14 bits per heavy atom. The number of carbonyl (C=O) groups excluding carboxylic acids is 1. The summed E-state index contributed by atoms with van der Waals surface area (Å²) >= 11 is 1.30. The summed E-state index contributed by atoms with van der Waals surface area (Å²) in [6.45, 7) is 0. The Morgan fingerprint density at radius 1 is 1.33 bits per heavy atom. The van der Waals surface area contributed by atoms with Crippen LogP contribution in [0, 0.1) is 5.95 Å². The van der Waals surface area contributed by atoms with Crippen LogP contribution in [0.5, 0.6) is 0 Å². The normalized spacial score (nSPS) is 13.0. The predicted molar refractivity (Wildman–Crippen MR) is 75.5 cm³/mol. The van der Waals surface area contributed by atoms with E-state index >= 15 is 0 Å². The minimum Gasteiger partial charge on any atom is -0.478 e. The van der Waals surface area contributed by atoms with Gasteiger partial charge in [0.15, 0.2) is 0 Å². The van der Waals surface area contributed by atoms with Crippen LogP contribution in [-0.2, 0) is 12.8 Å². The van der Waals surface area contributed by atoms with Gasteiger partial charge in [-0.15, -0.1) is 11.3 Å². The Morgan fingerprint density at radius 3 is 2.81 bits per heavy atom. The molecule has 0 unspecified atom stereocenters. The number of nitrogens with zero attached hydrogens (tertiary/aromatic N) is 1. The number of amides is 1. The number of fused-ring (bicyclic) bond motifs is 1. The third kappa shape index (κ3) is 2.52. The molecule has 0 atom stereocenters. The van der Waals surface area contributed by atoms with Crippen molar-refractivity contribution in [3.05, 3.63) is 45.8 Å². The summed E-state index contributed by atoms with van der Waals surface area (Å²) in [5.74, 6) is -2.21. The zero-order valence-corrected chi connectivity index (χ0v) is 11.7. The van der Waals surface area contributed by atoms with E-state index in [2.05, 4.69) is 10.3 Å². The second-order valence-electron chi connectivity index (χ2n) is 4.69. The Hall–Kier alpha value is -2.28. The number of anilines is 1. The smallest absolute Gasteiger partial charge is 0.339 e. The molecule has 108 valence electrons. The van der Waals surface area contributed by atoms with Crippen LogP contribution in [0.25, 0.3) is 0 Å². The minimum absolute atomic E-state index is 0.177. The average molecular weight is 306 g/mol. The molecule has 0 spiro atoms. The molecule has 0 aliphatic heterocycles. The zero-order valence-electron chi connectivity index (χ0n) is 10.9. The van der Waals surface area contributed by atoms with E-state index in [4.69, 9.17) is 0 Å². The molecule has 0 saturated heterocycles. The molecule has 1 amide bonds. The highest BCUT2D eigenvalue weighted by atomic mass is 32.1. The topological polar surface area (TPSA) is 79.3 Å². The Labute approximate surface area is 123 Å². The Kier molecular flexibility index (Phi) is 3.42. The molecule has 1 aliphatic rings. The first-order chi connectivity index (χ1) is 10.1. The fourth-order valence-electron chi connectivity index (χ4n) is 2.40. The highest BCUT2D eigenvalue weighted by Crippen LogP contribution is 2.39. The van der Waals surface area contributed by atoms with Crippen LogP contribution in [0.2, 0.25) is 0 Å². The average Bonchev–Trinajstić information content (AvgIpc) is 2.98. The second kappa shape index (κ2) is 5.25. The molecule has 3 rings (SSSR count). The molecule has 2 aromatic heterocycles. The van der Waals surface area contributed by atoms with Crippen molar-refractivity contribution in [3.8, 4) is 0 Å². The van der Waals surface area contributed by atoms with Gasteiger partial charge in [0.05, 0.1) is 11.1 Å². The first-order valence-corrected chi connectivity index (χ1v) is 7.18. The van der Waals surface area contributed by atoms with Gasteiger partial charge in [0, 0.05) is 11.1 Å². The number of nitrogens with one attached hydrogen (secondary N) is 1. The first-order valence-electron chi connectivity index (χ1n) is 6.37. The van der Waals surface area contributed by atoms with Gasteiger partial charge in [-0.3, -0.25) is 4.79 Å². The van der Waals surface area contributed by atoms with Crippen LogP contribution in [0.4, 0.5) is 9.39 Å². The molecule has 1 aliphatic carbocycles. The van der Waals surface area contributed by atoms with Crippen molar-refractivity contribution in [2.75, 3.05) is 5.32 Å². The maximum Gasteiger partial charge on any atom is 0.339 e. The summed E-state index contributed by atoms with van der Waals surface area (Å²) < 4.78 is 12.7. The number of rotatable bonds is 3. The van der Waals surface area contributed by atoms with Gasteiger partial charge in [-0.25, -0.2) is 9.78 Å². The van der Waals surface area contributed by atoms with E-state index in [-0.39, 0.29) is 11.1 Å². The molecule has 0 radical (unpaired) electrons. The SMILES string of the molecule is O=C(Nc1sc2c(c1C(=O)O)CCC2)c1ccc(F)nc1. The lowest BCUT2D eigenvalue weighted by atomic mass is 10.1. The van der Waals surface area contributed by atoms with Gasteiger partial charge in [0.2, 0.25) is 5.95 Å². The quantitative estimate of drug-likeness (QED) is 0.855. The van der Waals surface area contributed by atoms with E-state index in [0.29, 0.717) is 5.00 Å². The standard InChI is InChI=1S/C14H11FN2O3S/c15-10-5-4-7(6-16-10)12(18)17-13-11(14(19)20)8-2-1-3-9(8)21-13/h4-6H,1-3H2,(H,17,18)(H,19,20). The van der Waals surface area contributed by atoms with Gasteiger partial charge in [0.25, 0.3) is 5.91 Å². The van der Waals surface area contributed by atoms with Crippen LogP contribution >= 0.6 is 11.3 Å². The fourth-order valence-corrected chi connectivity index (χ4v) is 3.68. The van der Waals surface area contributed by atoms with Crippen molar-refractivity contribution in [1.82, 2.24) is 4.98 Å². The molecule has 0 saturated carbocycles. The molecular formula is C14H11FN2O3S. The molecule has 2 N–H and O–H groups in total. The molecule has 2 heterocycles. The largest absolute Gasteiger partial charge is 0.478 e. The number of hydrogen-bond acceptors (Lipinski definition) is 4. The van der Waals surface area contributed by atoms with Gasteiger partial charge in [-0.2, -0.15) is 4.39 Å². The van der Waals surface area contributed by atoms with E-state index in [1.807, 2.05) is 0 Å². The van der Waals surface area contributed by atoms with Crippen LogP contribution in [-0.4, -0.2) is 22.0 Å². The second-order valence-corrected chi connectivity index (χ2v) is 5.80. The van der Waals surface area contributed by atoms with E-state index in [9.17, 15) is 19.1 Å². The van der Waals surface area contributed by atoms with E-state index in [1.165, 1.54) is 17.4 Å². The lowest BCUT2D eigenvalue weighted by Gasteiger charge is -2.05. The van der Waals surface area contributed by atoms with Crippen molar-refractivity contribution in [2.24, 2.45) is 0 Å². The van der Waals surface area contributed by atoms with E-state index in [0.717, 1.165) is 42.0 Å². The molecule has 21 heavy (non-hydrogen) atoms. The van der Waals surface area contributed by atoms with Gasteiger partial charge in [-0.05, 0) is 37.0 Å². The molecular weight excluding hydrogens is 295 g/mol. The number of aryl methyl sites for hydroxylation is 1. The number of pyridine rings is 1. The number of aromatic nitrogens is 1. The molecule has 2 aromatic rings. The number of carboxylic acids is 1. The fraction of sp³-hybridized carbons (Fsp3) is 0.214. The van der Waals surface area contributed by atoms with Crippen molar-refractivity contribution in [2.45, 2.75) is 19.3 Å². The Bertz CT molecular complexity index is 725. The summed E-state index contributed by atoms with van der Waals surface area (Å²) in [6.07, 6.45) is 3.62. The summed E-state index contributed by atoms with van der Waals surface area (Å²) in [7, 11) is 0. The zero-order chi connectivity index (χ0) is 15.0. The number of hydrogen-bond donors (Lipinski definition) is 2. The van der Waals surface area contributed by atoms with Gasteiger partial charge < -0.3 is 10.4 Å². The van der Waals surface area contributed by atoms with Crippen LogP contribution in [0.1, 0.15) is 37.6 Å². The maximum absolute atomic E-state index is 12.7. The molecule has 7 heteroatoms. The van der Waals surface area contributed by atoms with Gasteiger partial charge in [0.1, 0.15) is 5.00 Å². The van der Waals surface area contributed by atoms with Crippen LogP contribution < -0.4 is 5.32 Å². The van der Waals surface area contributed by atoms with Crippen molar-refractivity contribution >= 4 is 28.2 Å². The number of halogens is 1. The van der Waals surface area contributed by atoms with E-state index in [1.54, 1.807) is 0 Å². The monoisotopic (exact) mass is 306 g/mol. The first kappa shape index (κ1) is 13.7. The number of thiophene rings is 1. The summed E-state index contributed by atoms with van der Waals surface area (Å²) in [4.78, 5) is 27.9. The summed E-state index contributed by atoms with van der Waals surface area (Å²) in [5, 5.41) is 12.3. The lowest BCUT2D eigenvalue weighted by Crippen LogP contribution is -2.14. The molecule has 0 fully saturated rings. The van der Waals surface area contributed by atoms with Crippen LogP contribution in [0.15, 0.2) is 18.3 Å². The third-order valence-corrected chi connectivity index (χ3v) is 4.56. The highest BCUT2D eigenvalue weighted by molar-refractivity contribution is 7.17. The number of carboxylic acid groups (broad SMARTS) is 1. The molecule has 0 bridgehead atoms. The highest BCUT2D eigenvalue weighted by Gasteiger charge is 2.27. The molecule has 0 aromatic carbocycles. The van der Waals surface area contributed by atoms with E-state index < -0.39 is 17.8 Å². The summed E-state index contributed by atoms with van der Waals surface area (Å²) in [5.41, 5.74) is 1.18. The van der Waals surface area contributed by atoms with Crippen LogP contribution in [0.3, 0.4) is 0 Å². The lowest BCUT2D eigenvalue weighted by molar-refractivity contribution is 0.0697. The summed E-state index contributed by atoms with van der Waals surface area (Å²) in [6, 6.07) is 2.39. The molecule has 5 nitrogen and oxygen atoms in total.